The molecule has 0 fully saturated rings. The van der Waals surface area contributed by atoms with Crippen LogP contribution < -0.4 is 5.73 Å². The minimum absolute atomic E-state index is 0.111. The van der Waals surface area contributed by atoms with Crippen LogP contribution in [0.3, 0.4) is 0 Å². The molecular formula is C23H24N2O4. The minimum atomic E-state index is -0.736. The Labute approximate surface area is 169 Å². The van der Waals surface area contributed by atoms with Crippen molar-refractivity contribution in [2.45, 2.75) is 26.4 Å². The van der Waals surface area contributed by atoms with Crippen molar-refractivity contribution in [3.05, 3.63) is 66.4 Å². The van der Waals surface area contributed by atoms with Crippen molar-refractivity contribution >= 4 is 17.7 Å². The predicted molar refractivity (Wildman–Crippen MR) is 113 cm³/mol. The lowest BCUT2D eigenvalue weighted by atomic mass is 10.0. The third kappa shape index (κ3) is 4.32. The topological polar surface area (TPSA) is 83.5 Å². The van der Waals surface area contributed by atoms with E-state index in [4.69, 9.17) is 15.2 Å². The summed E-state index contributed by atoms with van der Waals surface area (Å²) in [7, 11) is 1.28. The van der Waals surface area contributed by atoms with Crippen LogP contribution in [0.1, 0.15) is 31.3 Å². The quantitative estimate of drug-likeness (QED) is 0.502. The van der Waals surface area contributed by atoms with Crippen LogP contribution in [0.15, 0.2) is 60.7 Å². The van der Waals surface area contributed by atoms with Crippen molar-refractivity contribution in [3.8, 4) is 22.4 Å². The van der Waals surface area contributed by atoms with Gasteiger partial charge in [0.2, 0.25) is 0 Å². The second-order valence-electron chi connectivity index (χ2n) is 7.59. The van der Waals surface area contributed by atoms with Crippen molar-refractivity contribution < 1.29 is 19.1 Å². The molecule has 3 aromatic rings. The molecule has 1 heterocycles. The number of ether oxygens (including phenoxy) is 2. The maximum atomic E-state index is 13.1. The van der Waals surface area contributed by atoms with E-state index in [1.54, 1.807) is 51.1 Å². The summed E-state index contributed by atoms with van der Waals surface area (Å²) in [5, 5.41) is 0. The Kier molecular flexibility index (Phi) is 5.46. The summed E-state index contributed by atoms with van der Waals surface area (Å²) in [5.41, 5.74) is 8.38. The average molecular weight is 392 g/mol. The first-order valence-electron chi connectivity index (χ1n) is 9.20. The van der Waals surface area contributed by atoms with Gasteiger partial charge in [0.05, 0.1) is 12.8 Å². The molecule has 3 rings (SSSR count). The summed E-state index contributed by atoms with van der Waals surface area (Å²) in [6.07, 6.45) is -0.660. The highest BCUT2D eigenvalue weighted by Gasteiger charge is 2.30. The molecule has 0 unspecified atom stereocenters. The lowest BCUT2D eigenvalue weighted by molar-refractivity contribution is 0.0486. The van der Waals surface area contributed by atoms with Crippen molar-refractivity contribution in [2.75, 3.05) is 12.8 Å². The molecule has 0 radical (unpaired) electrons. The lowest BCUT2D eigenvalue weighted by Crippen LogP contribution is -2.29. The normalized spacial score (nSPS) is 11.2. The van der Waals surface area contributed by atoms with E-state index in [1.807, 2.05) is 30.3 Å². The van der Waals surface area contributed by atoms with Crippen LogP contribution in [0, 0.1) is 0 Å². The molecule has 0 bridgehead atoms. The van der Waals surface area contributed by atoms with E-state index in [0.717, 1.165) is 11.1 Å². The average Bonchev–Trinajstić information content (AvgIpc) is 3.08. The zero-order chi connectivity index (χ0) is 21.2. The Bertz CT molecular complexity index is 1030. The third-order valence-corrected chi connectivity index (χ3v) is 4.25. The summed E-state index contributed by atoms with van der Waals surface area (Å²) < 4.78 is 11.9. The number of aromatic nitrogens is 1. The van der Waals surface area contributed by atoms with Gasteiger partial charge in [-0.1, -0.05) is 42.5 Å². The van der Waals surface area contributed by atoms with Gasteiger partial charge in [-0.3, -0.25) is 0 Å². The molecule has 2 N–H and O–H groups in total. The van der Waals surface area contributed by atoms with E-state index in [-0.39, 0.29) is 5.69 Å². The molecule has 150 valence electrons. The number of benzene rings is 2. The first-order chi connectivity index (χ1) is 13.7. The fourth-order valence-electron chi connectivity index (χ4n) is 3.01. The van der Waals surface area contributed by atoms with Gasteiger partial charge in [-0.05, 0) is 50.1 Å². The highest BCUT2D eigenvalue weighted by molar-refractivity contribution is 6.02. The molecule has 0 aliphatic carbocycles. The van der Waals surface area contributed by atoms with Crippen LogP contribution in [0.4, 0.5) is 10.5 Å². The smallest absolute Gasteiger partial charge is 0.419 e. The van der Waals surface area contributed by atoms with Crippen molar-refractivity contribution in [1.29, 1.82) is 0 Å². The van der Waals surface area contributed by atoms with Gasteiger partial charge in [-0.25, -0.2) is 14.2 Å². The van der Waals surface area contributed by atoms with Crippen LogP contribution in [0.5, 0.6) is 0 Å². The molecule has 0 atom stereocenters. The highest BCUT2D eigenvalue weighted by atomic mass is 16.6. The Morgan fingerprint density at radius 3 is 2.10 bits per heavy atom. The maximum Gasteiger partial charge on any atom is 0.419 e. The number of nitrogens with two attached hydrogens (primary N) is 1. The number of nitrogen functional groups attached to an aromatic ring is 1. The van der Waals surface area contributed by atoms with E-state index < -0.39 is 17.7 Å². The van der Waals surface area contributed by atoms with Crippen LogP contribution in [-0.2, 0) is 9.47 Å². The molecule has 2 aromatic carbocycles. The molecule has 0 aliphatic rings. The van der Waals surface area contributed by atoms with Gasteiger partial charge in [0.25, 0.3) is 0 Å². The molecular weight excluding hydrogens is 368 g/mol. The number of nitrogens with zero attached hydrogens (tertiary/aromatic N) is 1. The predicted octanol–water partition coefficient (Wildman–Crippen LogP) is 4.97. The lowest BCUT2D eigenvalue weighted by Gasteiger charge is -2.21. The first-order valence-corrected chi connectivity index (χ1v) is 9.20. The third-order valence-electron chi connectivity index (χ3n) is 4.25. The van der Waals surface area contributed by atoms with Crippen LogP contribution in [0.25, 0.3) is 22.4 Å². The summed E-state index contributed by atoms with van der Waals surface area (Å²) in [4.78, 5) is 25.8. The summed E-state index contributed by atoms with van der Waals surface area (Å²) >= 11 is 0. The molecule has 0 spiro atoms. The van der Waals surface area contributed by atoms with Gasteiger partial charge in [0.1, 0.15) is 11.3 Å². The number of rotatable bonds is 3. The minimum Gasteiger partial charge on any atom is -0.464 e. The summed E-state index contributed by atoms with van der Waals surface area (Å²) in [6, 6.07) is 18.2. The molecule has 6 nitrogen and oxygen atoms in total. The SMILES string of the molecule is COC(=O)c1c(-c2ccccc2)cc(-c2ccc(N)cc2)n1C(=O)OC(C)(C)C. The Morgan fingerprint density at radius 1 is 0.931 bits per heavy atom. The maximum absolute atomic E-state index is 13.1. The van der Waals surface area contributed by atoms with E-state index in [9.17, 15) is 9.59 Å². The molecule has 0 aliphatic heterocycles. The summed E-state index contributed by atoms with van der Waals surface area (Å²) in [5.74, 6) is -0.628. The molecule has 29 heavy (non-hydrogen) atoms. The van der Waals surface area contributed by atoms with Gasteiger partial charge in [0.15, 0.2) is 0 Å². The molecule has 0 saturated carbocycles. The van der Waals surface area contributed by atoms with Crippen LogP contribution in [-0.4, -0.2) is 29.3 Å². The van der Waals surface area contributed by atoms with Crippen LogP contribution in [0.2, 0.25) is 0 Å². The number of hydrogen-bond acceptors (Lipinski definition) is 5. The number of carbonyl (C=O) groups excluding carboxylic acids is 2. The number of hydrogen-bond donors (Lipinski definition) is 1. The molecule has 0 amide bonds. The van der Waals surface area contributed by atoms with E-state index in [2.05, 4.69) is 0 Å². The Hall–Kier alpha value is -3.54. The van der Waals surface area contributed by atoms with Gasteiger partial charge in [-0.15, -0.1) is 0 Å². The monoisotopic (exact) mass is 392 g/mol. The van der Waals surface area contributed by atoms with Gasteiger partial charge in [-0.2, -0.15) is 0 Å². The zero-order valence-corrected chi connectivity index (χ0v) is 16.9. The summed E-state index contributed by atoms with van der Waals surface area (Å²) in [6.45, 7) is 5.31. The Morgan fingerprint density at radius 2 is 1.55 bits per heavy atom. The fourth-order valence-corrected chi connectivity index (χ4v) is 3.01. The molecule has 6 heteroatoms. The van der Waals surface area contributed by atoms with Crippen molar-refractivity contribution in [2.24, 2.45) is 0 Å². The van der Waals surface area contributed by atoms with E-state index in [1.165, 1.54) is 11.7 Å². The van der Waals surface area contributed by atoms with Gasteiger partial charge >= 0.3 is 12.1 Å². The number of carbonyl (C=O) groups is 2. The highest BCUT2D eigenvalue weighted by Crippen LogP contribution is 2.34. The second kappa shape index (κ2) is 7.83. The number of esters is 1. The molecule has 1 aromatic heterocycles. The number of methoxy groups -OCH3 is 1. The first kappa shape index (κ1) is 20.2. The number of anilines is 1. The van der Waals surface area contributed by atoms with E-state index >= 15 is 0 Å². The van der Waals surface area contributed by atoms with Gasteiger partial charge in [0, 0.05) is 11.3 Å². The standard InChI is InChI=1S/C23H24N2O4/c1-23(2,3)29-22(27)25-19(16-10-12-17(24)13-11-16)14-18(20(25)21(26)28-4)15-8-6-5-7-9-15/h5-14H,24H2,1-4H3. The van der Waals surface area contributed by atoms with Gasteiger partial charge < -0.3 is 15.2 Å². The Balaban J connectivity index is 2.31. The largest absolute Gasteiger partial charge is 0.464 e. The fraction of sp³-hybridized carbons (Fsp3) is 0.217. The zero-order valence-electron chi connectivity index (χ0n) is 16.9. The van der Waals surface area contributed by atoms with Crippen LogP contribution >= 0.6 is 0 Å². The molecule has 0 saturated heterocycles. The second-order valence-corrected chi connectivity index (χ2v) is 7.59. The van der Waals surface area contributed by atoms with Crippen molar-refractivity contribution in [1.82, 2.24) is 4.57 Å². The van der Waals surface area contributed by atoms with Crippen molar-refractivity contribution in [3.63, 3.8) is 0 Å². The van der Waals surface area contributed by atoms with E-state index in [0.29, 0.717) is 16.9 Å².